The van der Waals surface area contributed by atoms with Crippen LogP contribution in [-0.2, 0) is 10.2 Å². The molecule has 0 radical (unpaired) electrons. The number of hydrogen-bond donors (Lipinski definition) is 1. The third kappa shape index (κ3) is 2.71. The Bertz CT molecular complexity index is 820. The molecular weight excluding hydrogens is 324 g/mol. The quantitative estimate of drug-likeness (QED) is 0.904. The lowest BCUT2D eigenvalue weighted by Crippen LogP contribution is -2.31. The molecule has 1 N–H and O–H groups in total. The van der Waals surface area contributed by atoms with Gasteiger partial charge in [-0.05, 0) is 18.6 Å². The van der Waals surface area contributed by atoms with Gasteiger partial charge in [0.15, 0.2) is 0 Å². The fourth-order valence-electron chi connectivity index (χ4n) is 2.85. The minimum atomic E-state index is -0.908. The Morgan fingerprint density at radius 3 is 2.54 bits per heavy atom. The van der Waals surface area contributed by atoms with E-state index in [0.29, 0.717) is 21.8 Å². The van der Waals surface area contributed by atoms with Crippen LogP contribution in [0.4, 0.5) is 5.69 Å². The van der Waals surface area contributed by atoms with E-state index in [1.54, 1.807) is 23.1 Å². The molecule has 1 amide bonds. The first-order valence-corrected chi connectivity index (χ1v) is 8.63. The third-order valence-electron chi connectivity index (χ3n) is 4.14. The van der Waals surface area contributed by atoms with Gasteiger partial charge in [0.2, 0.25) is 0 Å². The van der Waals surface area contributed by atoms with Gasteiger partial charge in [-0.2, -0.15) is 0 Å². The molecule has 1 unspecified atom stereocenters. The Balaban J connectivity index is 2.00. The molecule has 24 heavy (non-hydrogen) atoms. The number of fused-ring (bicyclic) bond motifs is 1. The lowest BCUT2D eigenvalue weighted by Gasteiger charge is -2.17. The summed E-state index contributed by atoms with van der Waals surface area (Å²) < 4.78 is 0. The highest BCUT2D eigenvalue weighted by molar-refractivity contribution is 7.14. The lowest BCUT2D eigenvalue weighted by molar-refractivity contribution is -0.138. The van der Waals surface area contributed by atoms with E-state index < -0.39 is 11.9 Å². The number of aromatic nitrogens is 1. The van der Waals surface area contributed by atoms with Crippen molar-refractivity contribution < 1.29 is 14.7 Å². The standard InChI is InChI=1S/C18H20N2O3S/c1-10-14(24-17(19-10)18(2,3)4)15(21)20-9-12(16(22)23)11-7-5-6-8-13(11)20/h5-8,12H,9H2,1-4H3,(H,22,23). The Hall–Kier alpha value is -2.21. The van der Waals surface area contributed by atoms with Crippen molar-refractivity contribution in [2.24, 2.45) is 0 Å². The van der Waals surface area contributed by atoms with Crippen LogP contribution >= 0.6 is 11.3 Å². The summed E-state index contributed by atoms with van der Waals surface area (Å²) in [5.74, 6) is -1.76. The molecule has 0 saturated carbocycles. The number of rotatable bonds is 2. The van der Waals surface area contributed by atoms with Gasteiger partial charge < -0.3 is 10.0 Å². The van der Waals surface area contributed by atoms with Crippen molar-refractivity contribution in [3.63, 3.8) is 0 Å². The summed E-state index contributed by atoms with van der Waals surface area (Å²) >= 11 is 1.40. The first-order chi connectivity index (χ1) is 11.2. The van der Waals surface area contributed by atoms with E-state index in [2.05, 4.69) is 25.8 Å². The monoisotopic (exact) mass is 344 g/mol. The zero-order valence-corrected chi connectivity index (χ0v) is 15.0. The average molecular weight is 344 g/mol. The number of amides is 1. The van der Waals surface area contributed by atoms with E-state index in [-0.39, 0.29) is 17.9 Å². The van der Waals surface area contributed by atoms with Crippen LogP contribution < -0.4 is 4.90 Å². The number of anilines is 1. The number of carboxylic acids is 1. The number of carboxylic acid groups (broad SMARTS) is 1. The van der Waals surface area contributed by atoms with Crippen LogP contribution in [0, 0.1) is 6.92 Å². The number of carbonyl (C=O) groups excluding carboxylic acids is 1. The van der Waals surface area contributed by atoms with Gasteiger partial charge in [-0.1, -0.05) is 39.0 Å². The number of thiazole rings is 1. The van der Waals surface area contributed by atoms with Crippen molar-refractivity contribution in [3.8, 4) is 0 Å². The van der Waals surface area contributed by atoms with Crippen LogP contribution in [0.25, 0.3) is 0 Å². The predicted octanol–water partition coefficient (Wildman–Crippen LogP) is 3.58. The molecule has 1 aliphatic heterocycles. The molecule has 5 nitrogen and oxygen atoms in total. The summed E-state index contributed by atoms with van der Waals surface area (Å²) in [5.41, 5.74) is 1.95. The Kier molecular flexibility index (Phi) is 3.95. The maximum atomic E-state index is 13.0. The van der Waals surface area contributed by atoms with Crippen LogP contribution in [0.15, 0.2) is 24.3 Å². The van der Waals surface area contributed by atoms with Crippen molar-refractivity contribution in [2.75, 3.05) is 11.4 Å². The zero-order chi connectivity index (χ0) is 17.6. The number of aliphatic carboxylic acids is 1. The van der Waals surface area contributed by atoms with Crippen molar-refractivity contribution in [3.05, 3.63) is 45.4 Å². The molecule has 1 atom stereocenters. The summed E-state index contributed by atoms with van der Waals surface area (Å²) in [6.45, 7) is 8.17. The molecule has 1 aromatic heterocycles. The van der Waals surface area contributed by atoms with Gasteiger partial charge in [-0.15, -0.1) is 11.3 Å². The highest BCUT2D eigenvalue weighted by atomic mass is 32.1. The topological polar surface area (TPSA) is 70.5 Å². The SMILES string of the molecule is Cc1nc(C(C)(C)C)sc1C(=O)N1CC(C(=O)O)c2ccccc21. The fourth-order valence-corrected chi connectivity index (χ4v) is 3.92. The summed E-state index contributed by atoms with van der Waals surface area (Å²) in [6.07, 6.45) is 0. The van der Waals surface area contributed by atoms with Crippen molar-refractivity contribution in [1.29, 1.82) is 0 Å². The van der Waals surface area contributed by atoms with Gasteiger partial charge in [0.05, 0.1) is 10.7 Å². The fraction of sp³-hybridized carbons (Fsp3) is 0.389. The van der Waals surface area contributed by atoms with Gasteiger partial charge in [-0.25, -0.2) is 4.98 Å². The van der Waals surface area contributed by atoms with Gasteiger partial charge in [0.1, 0.15) is 10.8 Å². The summed E-state index contributed by atoms with van der Waals surface area (Å²) in [6, 6.07) is 7.21. The normalized spacial score (nSPS) is 17.0. The second-order valence-corrected chi connectivity index (χ2v) is 8.05. The van der Waals surface area contributed by atoms with E-state index in [0.717, 1.165) is 5.01 Å². The molecule has 2 aromatic rings. The van der Waals surface area contributed by atoms with Crippen molar-refractivity contribution >= 4 is 28.9 Å². The Morgan fingerprint density at radius 2 is 1.96 bits per heavy atom. The van der Waals surface area contributed by atoms with Gasteiger partial charge in [0.25, 0.3) is 5.91 Å². The summed E-state index contributed by atoms with van der Waals surface area (Å²) in [5, 5.41) is 10.4. The molecular formula is C18H20N2O3S. The Morgan fingerprint density at radius 1 is 1.29 bits per heavy atom. The minimum Gasteiger partial charge on any atom is -0.481 e. The lowest BCUT2D eigenvalue weighted by atomic mass is 9.98. The second-order valence-electron chi connectivity index (χ2n) is 7.05. The van der Waals surface area contributed by atoms with Crippen LogP contribution in [0.2, 0.25) is 0 Å². The number of aryl methyl sites for hydroxylation is 1. The highest BCUT2D eigenvalue weighted by Gasteiger charge is 2.38. The average Bonchev–Trinajstić information content (AvgIpc) is 3.07. The number of hydrogen-bond acceptors (Lipinski definition) is 4. The van der Waals surface area contributed by atoms with E-state index in [1.165, 1.54) is 11.3 Å². The molecule has 1 aliphatic rings. The van der Waals surface area contributed by atoms with Crippen LogP contribution in [0.3, 0.4) is 0 Å². The molecule has 0 spiro atoms. The van der Waals surface area contributed by atoms with Crippen LogP contribution in [0.5, 0.6) is 0 Å². The molecule has 0 saturated heterocycles. The molecule has 0 aliphatic carbocycles. The second kappa shape index (κ2) is 5.70. The largest absolute Gasteiger partial charge is 0.481 e. The Labute approximate surface area is 145 Å². The van der Waals surface area contributed by atoms with E-state index in [9.17, 15) is 14.7 Å². The van der Waals surface area contributed by atoms with Crippen LogP contribution in [0.1, 0.15) is 52.6 Å². The molecule has 3 rings (SSSR count). The number of para-hydroxylation sites is 1. The first kappa shape index (κ1) is 16.6. The maximum absolute atomic E-state index is 13.0. The maximum Gasteiger partial charge on any atom is 0.312 e. The number of benzene rings is 1. The predicted molar refractivity (Wildman–Crippen MR) is 94.0 cm³/mol. The molecule has 1 aromatic carbocycles. The highest BCUT2D eigenvalue weighted by Crippen LogP contribution is 2.38. The van der Waals surface area contributed by atoms with E-state index >= 15 is 0 Å². The molecule has 2 heterocycles. The molecule has 6 heteroatoms. The van der Waals surface area contributed by atoms with Crippen molar-refractivity contribution in [2.45, 2.75) is 39.0 Å². The minimum absolute atomic E-state index is 0.125. The van der Waals surface area contributed by atoms with E-state index in [1.807, 2.05) is 13.0 Å². The van der Waals surface area contributed by atoms with Crippen LogP contribution in [-0.4, -0.2) is 28.5 Å². The number of carbonyl (C=O) groups is 2. The molecule has 0 bridgehead atoms. The summed E-state index contributed by atoms with van der Waals surface area (Å²) in [4.78, 5) is 31.3. The smallest absolute Gasteiger partial charge is 0.312 e. The zero-order valence-electron chi connectivity index (χ0n) is 14.2. The molecule has 126 valence electrons. The molecule has 0 fully saturated rings. The summed E-state index contributed by atoms with van der Waals surface area (Å²) in [7, 11) is 0. The first-order valence-electron chi connectivity index (χ1n) is 7.81. The van der Waals surface area contributed by atoms with Crippen molar-refractivity contribution in [1.82, 2.24) is 4.98 Å². The van der Waals surface area contributed by atoms with E-state index in [4.69, 9.17) is 0 Å². The van der Waals surface area contributed by atoms with Gasteiger partial charge in [0, 0.05) is 17.6 Å². The number of nitrogens with zero attached hydrogens (tertiary/aromatic N) is 2. The van der Waals surface area contributed by atoms with Gasteiger partial charge >= 0.3 is 5.97 Å². The van der Waals surface area contributed by atoms with Gasteiger partial charge in [-0.3, -0.25) is 9.59 Å². The third-order valence-corrected chi connectivity index (χ3v) is 5.71.